The van der Waals surface area contributed by atoms with Crippen LogP contribution in [0.3, 0.4) is 0 Å². The number of hydrogen-bond acceptors (Lipinski definition) is 3. The van der Waals surface area contributed by atoms with Gasteiger partial charge in [-0.3, -0.25) is 4.79 Å². The van der Waals surface area contributed by atoms with Crippen LogP contribution in [0.4, 0.5) is 4.39 Å². The molecular weight excluding hydrogens is 343 g/mol. The van der Waals surface area contributed by atoms with Crippen LogP contribution in [-0.4, -0.2) is 55.0 Å². The first-order valence-corrected chi connectivity index (χ1v) is 9.47. The third kappa shape index (κ3) is 3.51. The fourth-order valence-electron chi connectivity index (χ4n) is 2.73. The third-order valence-corrected chi connectivity index (χ3v) is 7.04. The molecule has 1 saturated carbocycles. The molecule has 126 valence electrons. The fraction of sp³-hybridized carbons (Fsp3) is 0.533. The van der Waals surface area contributed by atoms with Gasteiger partial charge in [-0.15, -0.1) is 0 Å². The van der Waals surface area contributed by atoms with Crippen molar-refractivity contribution in [3.63, 3.8) is 0 Å². The third-order valence-electron chi connectivity index (χ3n) is 4.29. The molecule has 23 heavy (non-hydrogen) atoms. The lowest BCUT2D eigenvalue weighted by atomic mass is 10.1. The lowest BCUT2D eigenvalue weighted by Gasteiger charge is -2.34. The van der Waals surface area contributed by atoms with Crippen molar-refractivity contribution in [2.24, 2.45) is 0 Å². The quantitative estimate of drug-likeness (QED) is 0.820. The predicted molar refractivity (Wildman–Crippen MR) is 85.2 cm³/mol. The van der Waals surface area contributed by atoms with Crippen LogP contribution >= 0.6 is 11.6 Å². The minimum absolute atomic E-state index is 0.110. The summed E-state index contributed by atoms with van der Waals surface area (Å²) in [6.45, 7) is 1.26. The first kappa shape index (κ1) is 16.7. The smallest absolute Gasteiger partial charge is 0.227 e. The van der Waals surface area contributed by atoms with E-state index in [2.05, 4.69) is 0 Å². The molecule has 1 aliphatic carbocycles. The molecule has 0 bridgehead atoms. The Hall–Kier alpha value is -1.18. The van der Waals surface area contributed by atoms with Crippen LogP contribution in [0.5, 0.6) is 0 Å². The van der Waals surface area contributed by atoms with E-state index in [1.54, 1.807) is 11.0 Å². The number of sulfonamides is 1. The molecule has 0 atom stereocenters. The number of halogens is 2. The van der Waals surface area contributed by atoms with Crippen molar-refractivity contribution in [2.75, 3.05) is 26.2 Å². The first-order chi connectivity index (χ1) is 10.9. The Morgan fingerprint density at radius 1 is 1.22 bits per heavy atom. The van der Waals surface area contributed by atoms with E-state index >= 15 is 0 Å². The number of piperazine rings is 1. The largest absolute Gasteiger partial charge is 0.340 e. The molecule has 0 spiro atoms. The number of nitrogens with zero attached hydrogens (tertiary/aromatic N) is 2. The van der Waals surface area contributed by atoms with Gasteiger partial charge < -0.3 is 4.90 Å². The summed E-state index contributed by atoms with van der Waals surface area (Å²) in [5.41, 5.74) is 0.187. The molecule has 1 heterocycles. The number of rotatable bonds is 4. The van der Waals surface area contributed by atoms with Gasteiger partial charge in [-0.1, -0.05) is 17.7 Å². The van der Waals surface area contributed by atoms with Crippen molar-refractivity contribution in [1.82, 2.24) is 9.21 Å². The minimum atomic E-state index is -3.20. The summed E-state index contributed by atoms with van der Waals surface area (Å²) >= 11 is 5.94. The second-order valence-electron chi connectivity index (χ2n) is 5.90. The number of benzene rings is 1. The molecule has 0 unspecified atom stereocenters. The first-order valence-electron chi connectivity index (χ1n) is 7.59. The van der Waals surface area contributed by atoms with Crippen molar-refractivity contribution in [2.45, 2.75) is 24.5 Å². The van der Waals surface area contributed by atoms with E-state index in [0.29, 0.717) is 26.2 Å². The Kier molecular flexibility index (Phi) is 4.62. The van der Waals surface area contributed by atoms with Gasteiger partial charge in [0.2, 0.25) is 15.9 Å². The van der Waals surface area contributed by atoms with E-state index in [-0.39, 0.29) is 28.2 Å². The maximum atomic E-state index is 13.7. The summed E-state index contributed by atoms with van der Waals surface area (Å²) in [5, 5.41) is -0.00438. The molecule has 1 aliphatic heterocycles. The Morgan fingerprint density at radius 2 is 1.87 bits per heavy atom. The summed E-state index contributed by atoms with van der Waals surface area (Å²) in [6, 6.07) is 4.31. The van der Waals surface area contributed by atoms with Crippen LogP contribution in [-0.2, 0) is 21.2 Å². The van der Waals surface area contributed by atoms with E-state index in [9.17, 15) is 17.6 Å². The van der Waals surface area contributed by atoms with Gasteiger partial charge in [0.25, 0.3) is 0 Å². The summed E-state index contributed by atoms with van der Waals surface area (Å²) in [4.78, 5) is 13.9. The highest BCUT2D eigenvalue weighted by Gasteiger charge is 2.41. The molecule has 3 rings (SSSR count). The van der Waals surface area contributed by atoms with E-state index in [4.69, 9.17) is 11.6 Å². The van der Waals surface area contributed by atoms with Gasteiger partial charge in [0.05, 0.1) is 11.7 Å². The second-order valence-corrected chi connectivity index (χ2v) is 8.52. The summed E-state index contributed by atoms with van der Waals surface area (Å²) in [7, 11) is -3.20. The highest BCUT2D eigenvalue weighted by Crippen LogP contribution is 2.31. The minimum Gasteiger partial charge on any atom is -0.340 e. The zero-order chi connectivity index (χ0) is 16.6. The van der Waals surface area contributed by atoms with Crippen LogP contribution in [0, 0.1) is 5.82 Å². The van der Waals surface area contributed by atoms with Gasteiger partial charge in [0, 0.05) is 36.8 Å². The normalized spacial score (nSPS) is 19.8. The molecule has 0 aromatic heterocycles. The topological polar surface area (TPSA) is 57.7 Å². The van der Waals surface area contributed by atoms with Crippen molar-refractivity contribution in [1.29, 1.82) is 0 Å². The van der Waals surface area contributed by atoms with Crippen LogP contribution in [0.1, 0.15) is 18.4 Å². The van der Waals surface area contributed by atoms with E-state index in [0.717, 1.165) is 12.8 Å². The molecule has 2 aliphatic rings. The second kappa shape index (κ2) is 6.37. The average molecular weight is 361 g/mol. The van der Waals surface area contributed by atoms with E-state index < -0.39 is 15.8 Å². The van der Waals surface area contributed by atoms with E-state index in [1.807, 2.05) is 0 Å². The molecule has 0 N–H and O–H groups in total. The summed E-state index contributed by atoms with van der Waals surface area (Å²) < 4.78 is 39.5. The lowest BCUT2D eigenvalue weighted by Crippen LogP contribution is -2.51. The molecule has 1 amide bonds. The van der Waals surface area contributed by atoms with Crippen LogP contribution < -0.4 is 0 Å². The molecule has 5 nitrogen and oxygen atoms in total. The summed E-state index contributed by atoms with van der Waals surface area (Å²) in [5.74, 6) is -0.735. The van der Waals surface area contributed by atoms with Gasteiger partial charge >= 0.3 is 0 Å². The SMILES string of the molecule is O=C(Cc1c(F)cccc1Cl)N1CCN(S(=O)(=O)C2CC2)CC1. The maximum Gasteiger partial charge on any atom is 0.227 e. The molecule has 1 saturated heterocycles. The van der Waals surface area contributed by atoms with Crippen molar-refractivity contribution in [3.8, 4) is 0 Å². The van der Waals surface area contributed by atoms with Crippen molar-refractivity contribution in [3.05, 3.63) is 34.6 Å². The Bertz CT molecular complexity index is 693. The maximum absolute atomic E-state index is 13.7. The van der Waals surface area contributed by atoms with Crippen LogP contribution in [0.2, 0.25) is 5.02 Å². The average Bonchev–Trinajstić information content (AvgIpc) is 3.36. The monoisotopic (exact) mass is 360 g/mol. The van der Waals surface area contributed by atoms with Gasteiger partial charge in [-0.2, -0.15) is 4.31 Å². The van der Waals surface area contributed by atoms with Crippen LogP contribution in [0.25, 0.3) is 0 Å². The lowest BCUT2D eigenvalue weighted by molar-refractivity contribution is -0.131. The predicted octanol–water partition coefficient (Wildman–Crippen LogP) is 1.66. The summed E-state index contributed by atoms with van der Waals surface area (Å²) in [6.07, 6.45) is 1.35. The molecule has 1 aromatic carbocycles. The number of hydrogen-bond donors (Lipinski definition) is 0. The Labute approximate surface area is 140 Å². The number of carbonyl (C=O) groups excluding carboxylic acids is 1. The van der Waals surface area contributed by atoms with Crippen LogP contribution in [0.15, 0.2) is 18.2 Å². The van der Waals surface area contributed by atoms with Crippen molar-refractivity contribution >= 4 is 27.5 Å². The van der Waals surface area contributed by atoms with Crippen molar-refractivity contribution < 1.29 is 17.6 Å². The molecule has 8 heteroatoms. The number of carbonyl (C=O) groups is 1. The molecular formula is C15H18ClFN2O3S. The zero-order valence-corrected chi connectivity index (χ0v) is 14.1. The fourth-order valence-corrected chi connectivity index (χ4v) is 4.79. The van der Waals surface area contributed by atoms with Gasteiger partial charge in [-0.25, -0.2) is 12.8 Å². The molecule has 1 aromatic rings. The Morgan fingerprint density at radius 3 is 2.43 bits per heavy atom. The number of amides is 1. The highest BCUT2D eigenvalue weighted by atomic mass is 35.5. The van der Waals surface area contributed by atoms with E-state index in [1.165, 1.54) is 16.4 Å². The van der Waals surface area contributed by atoms with Gasteiger partial charge in [0.1, 0.15) is 5.82 Å². The molecule has 2 fully saturated rings. The molecule has 0 radical (unpaired) electrons. The Balaban J connectivity index is 1.60. The van der Waals surface area contributed by atoms with Gasteiger partial charge in [-0.05, 0) is 25.0 Å². The van der Waals surface area contributed by atoms with Gasteiger partial charge in [0.15, 0.2) is 0 Å². The highest BCUT2D eigenvalue weighted by molar-refractivity contribution is 7.90. The standard InChI is InChI=1S/C15H18ClFN2O3S/c16-13-2-1-3-14(17)12(13)10-15(20)18-6-8-19(9-7-18)23(21,22)11-4-5-11/h1-3,11H,4-10H2. The zero-order valence-electron chi connectivity index (χ0n) is 12.5.